The van der Waals surface area contributed by atoms with Gasteiger partial charge in [0.1, 0.15) is 0 Å². The molecule has 2 rings (SSSR count). The largest absolute Gasteiger partial charge is 0.467 e. The Morgan fingerprint density at radius 2 is 2.10 bits per heavy atom. The number of carbonyl (C=O) groups is 1. The lowest BCUT2D eigenvalue weighted by atomic mass is 9.87. The van der Waals surface area contributed by atoms with Gasteiger partial charge in [0, 0.05) is 0 Å². The summed E-state index contributed by atoms with van der Waals surface area (Å²) in [5, 5.41) is 10.1. The lowest BCUT2D eigenvalue weighted by molar-refractivity contribution is -0.150. The van der Waals surface area contributed by atoms with Gasteiger partial charge in [0.15, 0.2) is 6.10 Å². The van der Waals surface area contributed by atoms with Crippen molar-refractivity contribution < 1.29 is 14.6 Å². The number of hydrogen-bond acceptors (Lipinski definition) is 4. The van der Waals surface area contributed by atoms with E-state index in [2.05, 4.69) is 16.7 Å². The van der Waals surface area contributed by atoms with Gasteiger partial charge in [-0.15, -0.1) is 0 Å². The zero-order chi connectivity index (χ0) is 14.5. The average molecular weight is 277 g/mol. The molecule has 1 aromatic rings. The fourth-order valence-corrected chi connectivity index (χ4v) is 2.92. The van der Waals surface area contributed by atoms with Crippen LogP contribution in [0.2, 0.25) is 0 Å². The first-order valence-corrected chi connectivity index (χ1v) is 7.16. The van der Waals surface area contributed by atoms with Gasteiger partial charge in [0.05, 0.1) is 7.11 Å². The number of aliphatic hydroxyl groups excluding tert-OH is 1. The van der Waals surface area contributed by atoms with Gasteiger partial charge in [0.2, 0.25) is 0 Å². The topological polar surface area (TPSA) is 49.8 Å². The zero-order valence-corrected chi connectivity index (χ0v) is 12.2. The van der Waals surface area contributed by atoms with E-state index >= 15 is 0 Å². The van der Waals surface area contributed by atoms with Crippen LogP contribution in [0.25, 0.3) is 0 Å². The number of aliphatic hydroxyl groups is 1. The SMILES string of the molecule is COC(=O)C(O)c1ccccc1C1CCCN(C)CC1. The second kappa shape index (κ2) is 6.86. The van der Waals surface area contributed by atoms with Crippen LogP contribution in [0.3, 0.4) is 0 Å². The molecule has 0 aromatic heterocycles. The number of methoxy groups -OCH3 is 1. The molecule has 0 saturated carbocycles. The maximum Gasteiger partial charge on any atom is 0.339 e. The summed E-state index contributed by atoms with van der Waals surface area (Å²) in [5.74, 6) is -0.196. The summed E-state index contributed by atoms with van der Waals surface area (Å²) < 4.78 is 4.65. The molecule has 0 bridgehead atoms. The molecule has 1 heterocycles. The smallest absolute Gasteiger partial charge is 0.339 e. The molecule has 2 atom stereocenters. The molecule has 1 N–H and O–H groups in total. The van der Waals surface area contributed by atoms with Crippen LogP contribution in [0.5, 0.6) is 0 Å². The molecule has 20 heavy (non-hydrogen) atoms. The number of rotatable bonds is 3. The van der Waals surface area contributed by atoms with Crippen molar-refractivity contribution in [3.63, 3.8) is 0 Å². The van der Waals surface area contributed by atoms with E-state index in [-0.39, 0.29) is 0 Å². The molecule has 4 nitrogen and oxygen atoms in total. The van der Waals surface area contributed by atoms with Crippen molar-refractivity contribution in [2.45, 2.75) is 31.3 Å². The molecule has 1 aliphatic heterocycles. The summed E-state index contributed by atoms with van der Waals surface area (Å²) >= 11 is 0. The number of benzene rings is 1. The summed E-state index contributed by atoms with van der Waals surface area (Å²) in [4.78, 5) is 13.9. The van der Waals surface area contributed by atoms with Gasteiger partial charge < -0.3 is 14.7 Å². The van der Waals surface area contributed by atoms with E-state index in [1.165, 1.54) is 7.11 Å². The number of esters is 1. The number of ether oxygens (including phenoxy) is 1. The van der Waals surface area contributed by atoms with E-state index in [0.717, 1.165) is 37.9 Å². The second-order valence-electron chi connectivity index (χ2n) is 5.49. The van der Waals surface area contributed by atoms with Gasteiger partial charge >= 0.3 is 5.97 Å². The normalized spacial score (nSPS) is 22.1. The molecule has 2 unspecified atom stereocenters. The monoisotopic (exact) mass is 277 g/mol. The van der Waals surface area contributed by atoms with Gasteiger partial charge in [0.25, 0.3) is 0 Å². The van der Waals surface area contributed by atoms with E-state index in [9.17, 15) is 9.90 Å². The van der Waals surface area contributed by atoms with Crippen LogP contribution < -0.4 is 0 Å². The Balaban J connectivity index is 2.25. The van der Waals surface area contributed by atoms with Crippen molar-refractivity contribution in [2.24, 2.45) is 0 Å². The molecule has 0 aliphatic carbocycles. The predicted molar refractivity (Wildman–Crippen MR) is 77.5 cm³/mol. The highest BCUT2D eigenvalue weighted by Crippen LogP contribution is 2.33. The van der Waals surface area contributed by atoms with Crippen molar-refractivity contribution >= 4 is 5.97 Å². The van der Waals surface area contributed by atoms with Crippen molar-refractivity contribution in [1.29, 1.82) is 0 Å². The van der Waals surface area contributed by atoms with Crippen LogP contribution in [-0.4, -0.2) is 43.2 Å². The van der Waals surface area contributed by atoms with Crippen LogP contribution in [0.15, 0.2) is 24.3 Å². The van der Waals surface area contributed by atoms with Gasteiger partial charge in [-0.1, -0.05) is 24.3 Å². The molecule has 0 radical (unpaired) electrons. The molecule has 1 aliphatic rings. The van der Waals surface area contributed by atoms with Crippen LogP contribution in [0.1, 0.15) is 42.4 Å². The van der Waals surface area contributed by atoms with Gasteiger partial charge in [-0.25, -0.2) is 4.79 Å². The number of likely N-dealkylation sites (tertiary alicyclic amines) is 1. The Bertz CT molecular complexity index is 461. The van der Waals surface area contributed by atoms with E-state index in [1.54, 1.807) is 0 Å². The standard InChI is InChI=1S/C16H23NO3/c1-17-10-5-6-12(9-11-17)13-7-3-4-8-14(13)15(18)16(19)20-2/h3-4,7-8,12,15,18H,5-6,9-11H2,1-2H3. The van der Waals surface area contributed by atoms with E-state index in [1.807, 2.05) is 24.3 Å². The van der Waals surface area contributed by atoms with E-state index < -0.39 is 12.1 Å². The molecule has 1 fully saturated rings. The molecule has 4 heteroatoms. The lowest BCUT2D eigenvalue weighted by Gasteiger charge is -2.21. The van der Waals surface area contributed by atoms with Crippen LogP contribution in [-0.2, 0) is 9.53 Å². The number of carbonyl (C=O) groups excluding carboxylic acids is 1. The Morgan fingerprint density at radius 3 is 2.85 bits per heavy atom. The summed E-state index contributed by atoms with van der Waals surface area (Å²) in [5.41, 5.74) is 1.77. The first-order valence-electron chi connectivity index (χ1n) is 7.16. The zero-order valence-electron chi connectivity index (χ0n) is 12.2. The van der Waals surface area contributed by atoms with Crippen molar-refractivity contribution in [2.75, 3.05) is 27.2 Å². The van der Waals surface area contributed by atoms with Gasteiger partial charge in [-0.2, -0.15) is 0 Å². The molecule has 110 valence electrons. The molecule has 1 aromatic carbocycles. The fraction of sp³-hybridized carbons (Fsp3) is 0.562. The third-order valence-electron chi connectivity index (χ3n) is 4.11. The third kappa shape index (κ3) is 3.38. The number of nitrogens with zero attached hydrogens (tertiary/aromatic N) is 1. The minimum atomic E-state index is -1.18. The maximum atomic E-state index is 11.6. The first-order chi connectivity index (χ1) is 9.63. The minimum Gasteiger partial charge on any atom is -0.467 e. The van der Waals surface area contributed by atoms with E-state index in [4.69, 9.17) is 0 Å². The third-order valence-corrected chi connectivity index (χ3v) is 4.11. The average Bonchev–Trinajstić information content (AvgIpc) is 2.70. The highest BCUT2D eigenvalue weighted by atomic mass is 16.5. The Kier molecular flexibility index (Phi) is 5.15. The molecular formula is C16H23NO3. The molecule has 0 spiro atoms. The summed E-state index contributed by atoms with van der Waals surface area (Å²) in [6.45, 7) is 2.16. The maximum absolute atomic E-state index is 11.6. The van der Waals surface area contributed by atoms with Crippen LogP contribution in [0.4, 0.5) is 0 Å². The van der Waals surface area contributed by atoms with Gasteiger partial charge in [-0.3, -0.25) is 0 Å². The first kappa shape index (κ1) is 15.0. The Morgan fingerprint density at radius 1 is 1.35 bits per heavy atom. The molecule has 0 amide bonds. The van der Waals surface area contributed by atoms with Gasteiger partial charge in [-0.05, 0) is 56.4 Å². The predicted octanol–water partition coefficient (Wildman–Crippen LogP) is 2.09. The van der Waals surface area contributed by atoms with Crippen molar-refractivity contribution in [3.8, 4) is 0 Å². The minimum absolute atomic E-state index is 0.399. The lowest BCUT2D eigenvalue weighted by Crippen LogP contribution is -2.19. The Labute approximate surface area is 120 Å². The van der Waals surface area contributed by atoms with Crippen LogP contribution in [0, 0.1) is 0 Å². The quantitative estimate of drug-likeness (QED) is 0.860. The second-order valence-corrected chi connectivity index (χ2v) is 5.49. The highest BCUT2D eigenvalue weighted by molar-refractivity contribution is 5.76. The van der Waals surface area contributed by atoms with Crippen molar-refractivity contribution in [3.05, 3.63) is 35.4 Å². The summed E-state index contributed by atoms with van der Waals surface area (Å²) in [7, 11) is 3.44. The van der Waals surface area contributed by atoms with Crippen LogP contribution >= 0.6 is 0 Å². The summed E-state index contributed by atoms with van der Waals surface area (Å²) in [6, 6.07) is 7.67. The van der Waals surface area contributed by atoms with Crippen molar-refractivity contribution in [1.82, 2.24) is 4.90 Å². The number of hydrogen-bond donors (Lipinski definition) is 1. The van der Waals surface area contributed by atoms with E-state index in [0.29, 0.717) is 11.5 Å². The summed E-state index contributed by atoms with van der Waals surface area (Å²) in [6.07, 6.45) is 2.11. The molecule has 1 saturated heterocycles. The highest BCUT2D eigenvalue weighted by Gasteiger charge is 2.25. The molecular weight excluding hydrogens is 254 g/mol. The fourth-order valence-electron chi connectivity index (χ4n) is 2.92. The Hall–Kier alpha value is -1.39.